The van der Waals surface area contributed by atoms with E-state index < -0.39 is 5.97 Å². The summed E-state index contributed by atoms with van der Waals surface area (Å²) >= 11 is 0. The van der Waals surface area contributed by atoms with Gasteiger partial charge in [0.15, 0.2) is 0 Å². The summed E-state index contributed by atoms with van der Waals surface area (Å²) in [6, 6.07) is 0.555. The minimum atomic E-state index is -0.770. The molecule has 2 N–H and O–H groups in total. The van der Waals surface area contributed by atoms with E-state index in [0.717, 1.165) is 44.1 Å². The van der Waals surface area contributed by atoms with Crippen LogP contribution in [-0.2, 0) is 9.59 Å². The van der Waals surface area contributed by atoms with E-state index in [4.69, 9.17) is 5.11 Å². The van der Waals surface area contributed by atoms with Crippen molar-refractivity contribution < 1.29 is 14.7 Å². The van der Waals surface area contributed by atoms with E-state index in [-0.39, 0.29) is 24.4 Å². The van der Waals surface area contributed by atoms with E-state index in [1.807, 2.05) is 11.8 Å². The van der Waals surface area contributed by atoms with Gasteiger partial charge in [-0.3, -0.25) is 14.5 Å². The van der Waals surface area contributed by atoms with Crippen molar-refractivity contribution in [2.24, 2.45) is 17.8 Å². The molecule has 3 saturated carbocycles. The SMILES string of the molecule is CCN(CC(=O)O)C1CC(NC(=O)C2CCC3CCCCC3C2)C1. The van der Waals surface area contributed by atoms with Crippen LogP contribution in [0, 0.1) is 17.8 Å². The number of amides is 1. The van der Waals surface area contributed by atoms with Crippen molar-refractivity contribution in [2.75, 3.05) is 13.1 Å². The molecule has 0 radical (unpaired) electrons. The lowest BCUT2D eigenvalue weighted by Gasteiger charge is -2.43. The Morgan fingerprint density at radius 3 is 2.42 bits per heavy atom. The van der Waals surface area contributed by atoms with Crippen molar-refractivity contribution in [3.8, 4) is 0 Å². The molecule has 0 bridgehead atoms. The summed E-state index contributed by atoms with van der Waals surface area (Å²) in [4.78, 5) is 25.5. The van der Waals surface area contributed by atoms with Crippen LogP contribution in [0.5, 0.6) is 0 Å². The van der Waals surface area contributed by atoms with Gasteiger partial charge in [-0.05, 0) is 50.5 Å². The highest BCUT2D eigenvalue weighted by Gasteiger charge is 2.38. The maximum atomic E-state index is 12.6. The second-order valence-electron chi connectivity index (χ2n) is 8.10. The highest BCUT2D eigenvalue weighted by Crippen LogP contribution is 2.42. The molecule has 3 unspecified atom stereocenters. The molecule has 3 aliphatic rings. The minimum Gasteiger partial charge on any atom is -0.480 e. The number of fused-ring (bicyclic) bond motifs is 1. The molecule has 136 valence electrons. The van der Waals surface area contributed by atoms with E-state index in [9.17, 15) is 9.59 Å². The Morgan fingerprint density at radius 1 is 1.04 bits per heavy atom. The highest BCUT2D eigenvalue weighted by molar-refractivity contribution is 5.79. The first-order chi connectivity index (χ1) is 11.6. The Labute approximate surface area is 145 Å². The standard InChI is InChI=1S/C19H32N2O3/c1-2-21(12-18(22)23)17-10-16(11-17)20-19(24)15-8-7-13-5-3-4-6-14(13)9-15/h13-17H,2-12H2,1H3,(H,20,24)(H,22,23). The minimum absolute atomic E-state index is 0.105. The second-order valence-corrected chi connectivity index (χ2v) is 8.10. The molecule has 1 amide bonds. The van der Waals surface area contributed by atoms with Gasteiger partial charge in [-0.1, -0.05) is 32.6 Å². The third kappa shape index (κ3) is 4.11. The molecule has 3 fully saturated rings. The van der Waals surface area contributed by atoms with Gasteiger partial charge in [0.25, 0.3) is 0 Å². The number of hydrogen-bond donors (Lipinski definition) is 2. The number of nitrogens with zero attached hydrogens (tertiary/aromatic N) is 1. The summed E-state index contributed by atoms with van der Waals surface area (Å²) in [6.45, 7) is 2.86. The largest absolute Gasteiger partial charge is 0.480 e. The van der Waals surface area contributed by atoms with Gasteiger partial charge in [-0.2, -0.15) is 0 Å². The van der Waals surface area contributed by atoms with Crippen molar-refractivity contribution >= 4 is 11.9 Å². The van der Waals surface area contributed by atoms with Crippen LogP contribution in [0.25, 0.3) is 0 Å². The maximum absolute atomic E-state index is 12.6. The predicted molar refractivity (Wildman–Crippen MR) is 92.6 cm³/mol. The summed E-state index contributed by atoms with van der Waals surface area (Å²) in [5.41, 5.74) is 0. The number of rotatable bonds is 6. The van der Waals surface area contributed by atoms with Crippen LogP contribution in [0.1, 0.15) is 64.7 Å². The van der Waals surface area contributed by atoms with Gasteiger partial charge in [-0.25, -0.2) is 0 Å². The van der Waals surface area contributed by atoms with Crippen molar-refractivity contribution in [1.29, 1.82) is 0 Å². The molecule has 3 rings (SSSR count). The summed E-state index contributed by atoms with van der Waals surface area (Å²) in [7, 11) is 0. The van der Waals surface area contributed by atoms with Gasteiger partial charge in [0.05, 0.1) is 6.54 Å². The summed E-state index contributed by atoms with van der Waals surface area (Å²) in [5.74, 6) is 1.36. The van der Waals surface area contributed by atoms with Crippen molar-refractivity contribution in [3.05, 3.63) is 0 Å². The first-order valence-corrected chi connectivity index (χ1v) is 9.83. The average Bonchev–Trinajstić information content (AvgIpc) is 2.55. The topological polar surface area (TPSA) is 69.6 Å². The molecule has 5 nitrogen and oxygen atoms in total. The normalized spacial score (nSPS) is 35.8. The molecule has 5 heteroatoms. The Bertz CT molecular complexity index is 462. The number of nitrogens with one attached hydrogen (secondary N) is 1. The van der Waals surface area contributed by atoms with E-state index in [0.29, 0.717) is 6.04 Å². The fourth-order valence-corrected chi connectivity index (χ4v) is 5.11. The van der Waals surface area contributed by atoms with Crippen LogP contribution in [0.15, 0.2) is 0 Å². The first kappa shape index (κ1) is 17.7. The van der Waals surface area contributed by atoms with Crippen LogP contribution < -0.4 is 5.32 Å². The quantitative estimate of drug-likeness (QED) is 0.782. The van der Waals surface area contributed by atoms with Crippen LogP contribution in [0.2, 0.25) is 0 Å². The number of carbonyl (C=O) groups excluding carboxylic acids is 1. The van der Waals surface area contributed by atoms with Crippen LogP contribution in [0.3, 0.4) is 0 Å². The van der Waals surface area contributed by atoms with Crippen LogP contribution >= 0.6 is 0 Å². The number of carboxylic acids is 1. The van der Waals surface area contributed by atoms with E-state index in [1.165, 1.54) is 32.1 Å². The van der Waals surface area contributed by atoms with Gasteiger partial charge < -0.3 is 10.4 Å². The Balaban J connectivity index is 1.41. The Morgan fingerprint density at radius 2 is 1.75 bits per heavy atom. The fourth-order valence-electron chi connectivity index (χ4n) is 5.11. The smallest absolute Gasteiger partial charge is 0.317 e. The lowest BCUT2D eigenvalue weighted by Crippen LogP contribution is -2.55. The number of aliphatic carboxylic acids is 1. The molecule has 0 spiro atoms. The van der Waals surface area contributed by atoms with Crippen molar-refractivity contribution in [3.63, 3.8) is 0 Å². The van der Waals surface area contributed by atoms with Crippen LogP contribution in [0.4, 0.5) is 0 Å². The summed E-state index contributed by atoms with van der Waals surface area (Å²) in [6.07, 6.45) is 10.6. The molecule has 0 aromatic rings. The van der Waals surface area contributed by atoms with Gasteiger partial charge in [0.2, 0.25) is 5.91 Å². The van der Waals surface area contributed by atoms with E-state index >= 15 is 0 Å². The molecule has 0 aromatic carbocycles. The molecule has 0 heterocycles. The van der Waals surface area contributed by atoms with Crippen molar-refractivity contribution in [2.45, 2.75) is 76.8 Å². The zero-order valence-electron chi connectivity index (χ0n) is 14.9. The zero-order chi connectivity index (χ0) is 17.1. The lowest BCUT2D eigenvalue weighted by atomic mass is 9.67. The molecule has 0 aliphatic heterocycles. The number of likely N-dealkylation sites (N-methyl/N-ethyl adjacent to an activating group) is 1. The average molecular weight is 336 g/mol. The van der Waals surface area contributed by atoms with Gasteiger partial charge in [-0.15, -0.1) is 0 Å². The summed E-state index contributed by atoms with van der Waals surface area (Å²) < 4.78 is 0. The van der Waals surface area contributed by atoms with Crippen LogP contribution in [-0.4, -0.2) is 47.1 Å². The number of carboxylic acid groups (broad SMARTS) is 1. The first-order valence-electron chi connectivity index (χ1n) is 9.83. The molecule has 3 atom stereocenters. The molecular formula is C19H32N2O3. The van der Waals surface area contributed by atoms with Gasteiger partial charge >= 0.3 is 5.97 Å². The van der Waals surface area contributed by atoms with Crippen molar-refractivity contribution in [1.82, 2.24) is 10.2 Å². The Hall–Kier alpha value is -1.10. The third-order valence-electron chi connectivity index (χ3n) is 6.63. The van der Waals surface area contributed by atoms with E-state index in [2.05, 4.69) is 5.32 Å². The molecule has 3 aliphatic carbocycles. The second kappa shape index (κ2) is 7.85. The monoisotopic (exact) mass is 336 g/mol. The predicted octanol–water partition coefficient (Wildman–Crippen LogP) is 2.65. The Kier molecular flexibility index (Phi) is 5.80. The van der Waals surface area contributed by atoms with Gasteiger partial charge in [0, 0.05) is 18.0 Å². The molecular weight excluding hydrogens is 304 g/mol. The summed E-state index contributed by atoms with van der Waals surface area (Å²) in [5, 5.41) is 12.2. The van der Waals surface area contributed by atoms with Gasteiger partial charge in [0.1, 0.15) is 0 Å². The number of hydrogen-bond acceptors (Lipinski definition) is 3. The molecule has 0 saturated heterocycles. The highest BCUT2D eigenvalue weighted by atomic mass is 16.4. The fraction of sp³-hybridized carbons (Fsp3) is 0.895. The molecule has 0 aromatic heterocycles. The zero-order valence-corrected chi connectivity index (χ0v) is 14.9. The lowest BCUT2D eigenvalue weighted by molar-refractivity contribution is -0.140. The molecule has 24 heavy (non-hydrogen) atoms. The third-order valence-corrected chi connectivity index (χ3v) is 6.63. The maximum Gasteiger partial charge on any atom is 0.317 e. The number of carbonyl (C=O) groups is 2. The van der Waals surface area contributed by atoms with E-state index in [1.54, 1.807) is 0 Å².